The number of nitrogens with one attached hydrogen (secondary N) is 1. The van der Waals surface area contributed by atoms with Crippen LogP contribution in [0.3, 0.4) is 0 Å². The Morgan fingerprint density at radius 2 is 1.57 bits per heavy atom. The van der Waals surface area contributed by atoms with E-state index in [9.17, 15) is 18.0 Å². The zero-order valence-corrected chi connectivity index (χ0v) is 29.7. The SMILES string of the molecule is Cc1ccc(S(=O)(=O)N(CC(=O)N(Cc2cccc(Br)c2)[C@@H](Cc2ccccc2)C(=O)NC2CCCC2)c2ccc(Cl)cc2C)cc1. The first-order valence-corrected chi connectivity index (χ1v) is 18.4. The van der Waals surface area contributed by atoms with E-state index in [-0.39, 0.29) is 29.8 Å². The number of halogens is 2. The zero-order chi connectivity index (χ0) is 33.6. The number of benzene rings is 4. The molecule has 1 aliphatic carbocycles. The van der Waals surface area contributed by atoms with Crippen LogP contribution in [0, 0.1) is 13.8 Å². The minimum Gasteiger partial charge on any atom is -0.352 e. The minimum absolute atomic E-state index is 0.0405. The van der Waals surface area contributed by atoms with Crippen LogP contribution in [0.15, 0.2) is 106 Å². The monoisotopic (exact) mass is 735 g/mol. The lowest BCUT2D eigenvalue weighted by Gasteiger charge is -2.34. The zero-order valence-electron chi connectivity index (χ0n) is 26.5. The van der Waals surface area contributed by atoms with E-state index in [0.29, 0.717) is 16.3 Å². The van der Waals surface area contributed by atoms with Crippen LogP contribution in [-0.2, 0) is 32.6 Å². The fourth-order valence-corrected chi connectivity index (χ4v) is 8.16. The summed E-state index contributed by atoms with van der Waals surface area (Å²) in [4.78, 5) is 30.4. The Labute approximate surface area is 291 Å². The summed E-state index contributed by atoms with van der Waals surface area (Å²) >= 11 is 9.79. The van der Waals surface area contributed by atoms with Crippen LogP contribution < -0.4 is 9.62 Å². The van der Waals surface area contributed by atoms with Gasteiger partial charge in [-0.25, -0.2) is 8.42 Å². The van der Waals surface area contributed by atoms with Crippen LogP contribution in [0.2, 0.25) is 5.02 Å². The van der Waals surface area contributed by atoms with E-state index in [2.05, 4.69) is 21.2 Å². The third kappa shape index (κ3) is 8.83. The molecule has 47 heavy (non-hydrogen) atoms. The molecule has 1 N–H and O–H groups in total. The molecule has 0 unspecified atom stereocenters. The fourth-order valence-electron chi connectivity index (χ4n) is 6.00. The van der Waals surface area contributed by atoms with Gasteiger partial charge in [0.05, 0.1) is 10.6 Å². The average Bonchev–Trinajstić information content (AvgIpc) is 3.55. The van der Waals surface area contributed by atoms with Crippen molar-refractivity contribution in [1.82, 2.24) is 10.2 Å². The molecule has 1 aliphatic rings. The number of anilines is 1. The van der Waals surface area contributed by atoms with Crippen molar-refractivity contribution in [3.8, 4) is 0 Å². The van der Waals surface area contributed by atoms with Gasteiger partial charge >= 0.3 is 0 Å². The van der Waals surface area contributed by atoms with Crippen LogP contribution in [0.5, 0.6) is 0 Å². The Hall–Kier alpha value is -3.66. The molecule has 0 bridgehead atoms. The van der Waals surface area contributed by atoms with Crippen LogP contribution in [0.25, 0.3) is 0 Å². The number of nitrogens with zero attached hydrogens (tertiary/aromatic N) is 2. The highest BCUT2D eigenvalue weighted by atomic mass is 79.9. The highest BCUT2D eigenvalue weighted by molar-refractivity contribution is 9.10. The first kappa shape index (κ1) is 34.7. The van der Waals surface area contributed by atoms with Crippen LogP contribution >= 0.6 is 27.5 Å². The van der Waals surface area contributed by atoms with E-state index in [4.69, 9.17) is 11.6 Å². The van der Waals surface area contributed by atoms with Gasteiger partial charge < -0.3 is 10.2 Å². The number of rotatable bonds is 12. The third-order valence-electron chi connectivity index (χ3n) is 8.53. The van der Waals surface area contributed by atoms with Gasteiger partial charge in [-0.15, -0.1) is 0 Å². The molecule has 1 fully saturated rings. The fraction of sp³-hybridized carbons (Fsp3) is 0.297. The first-order chi connectivity index (χ1) is 22.5. The van der Waals surface area contributed by atoms with E-state index < -0.39 is 28.5 Å². The molecule has 4 aromatic carbocycles. The lowest BCUT2D eigenvalue weighted by molar-refractivity contribution is -0.140. The van der Waals surface area contributed by atoms with Crippen molar-refractivity contribution in [2.75, 3.05) is 10.8 Å². The van der Waals surface area contributed by atoms with E-state index in [0.717, 1.165) is 51.2 Å². The van der Waals surface area contributed by atoms with Crippen molar-refractivity contribution in [3.05, 3.63) is 129 Å². The van der Waals surface area contributed by atoms with Crippen LogP contribution in [0.1, 0.15) is 47.9 Å². The van der Waals surface area contributed by atoms with Crippen LogP contribution in [-0.4, -0.2) is 43.8 Å². The van der Waals surface area contributed by atoms with E-state index in [1.165, 1.54) is 4.90 Å². The van der Waals surface area contributed by atoms with E-state index >= 15 is 0 Å². The molecule has 0 saturated heterocycles. The van der Waals surface area contributed by atoms with Crippen LogP contribution in [0.4, 0.5) is 5.69 Å². The Balaban J connectivity index is 1.58. The summed E-state index contributed by atoms with van der Waals surface area (Å²) in [6.45, 7) is 3.22. The van der Waals surface area contributed by atoms with Gasteiger partial charge in [-0.1, -0.05) is 101 Å². The molecule has 4 aromatic rings. The second-order valence-electron chi connectivity index (χ2n) is 12.1. The van der Waals surface area contributed by atoms with Gasteiger partial charge in [0.1, 0.15) is 12.6 Å². The summed E-state index contributed by atoms with van der Waals surface area (Å²) in [6.07, 6.45) is 4.13. The molecular weight excluding hydrogens is 698 g/mol. The van der Waals surface area contributed by atoms with Crippen molar-refractivity contribution in [3.63, 3.8) is 0 Å². The van der Waals surface area contributed by atoms with Crippen molar-refractivity contribution < 1.29 is 18.0 Å². The van der Waals surface area contributed by atoms with Gasteiger partial charge in [0.15, 0.2) is 0 Å². The quantitative estimate of drug-likeness (QED) is 0.162. The number of hydrogen-bond acceptors (Lipinski definition) is 4. The normalized spacial score (nSPS) is 14.0. The molecular formula is C37H39BrClN3O4S. The highest BCUT2D eigenvalue weighted by Gasteiger charge is 2.36. The minimum atomic E-state index is -4.20. The number of aryl methyl sites for hydroxylation is 2. The second-order valence-corrected chi connectivity index (χ2v) is 15.3. The van der Waals surface area contributed by atoms with Gasteiger partial charge in [0, 0.05) is 28.5 Å². The van der Waals surface area contributed by atoms with E-state index in [1.807, 2.05) is 61.5 Å². The maximum Gasteiger partial charge on any atom is 0.264 e. The summed E-state index contributed by atoms with van der Waals surface area (Å²) in [5.74, 6) is -0.753. The lowest BCUT2D eigenvalue weighted by Crippen LogP contribution is -2.54. The molecule has 5 rings (SSSR count). The summed E-state index contributed by atoms with van der Waals surface area (Å²) < 4.78 is 30.6. The molecule has 10 heteroatoms. The summed E-state index contributed by atoms with van der Waals surface area (Å²) in [5, 5.41) is 3.66. The standard InChI is InChI=1S/C37H39BrClN3O4S/c1-26-15-18-33(19-16-26)47(45,46)42(34-20-17-31(39)21-27(34)2)25-36(43)41(24-29-11-8-12-30(38)22-29)35(23-28-9-4-3-5-10-28)37(44)40-32-13-6-7-14-32/h3-5,8-12,15-22,32,35H,6-7,13-14,23-25H2,1-2H3,(H,40,44)/t35-/m0/s1. The molecule has 0 aliphatic heterocycles. The highest BCUT2D eigenvalue weighted by Crippen LogP contribution is 2.30. The number of amides is 2. The molecule has 2 amide bonds. The average molecular weight is 737 g/mol. The molecule has 0 heterocycles. The second kappa shape index (κ2) is 15.5. The molecule has 246 valence electrons. The smallest absolute Gasteiger partial charge is 0.264 e. The maximum absolute atomic E-state index is 14.7. The van der Waals surface area contributed by atoms with Crippen molar-refractivity contribution >= 4 is 55.1 Å². The topological polar surface area (TPSA) is 86.8 Å². The summed E-state index contributed by atoms with van der Waals surface area (Å²) in [5.41, 5.74) is 3.53. The van der Waals surface area contributed by atoms with E-state index in [1.54, 1.807) is 49.4 Å². The largest absolute Gasteiger partial charge is 0.352 e. The van der Waals surface area contributed by atoms with Gasteiger partial charge in [0.25, 0.3) is 10.0 Å². The van der Waals surface area contributed by atoms with Gasteiger partial charge in [-0.05, 0) is 85.8 Å². The van der Waals surface area contributed by atoms with Gasteiger partial charge in [-0.2, -0.15) is 0 Å². The molecule has 7 nitrogen and oxygen atoms in total. The maximum atomic E-state index is 14.7. The molecule has 0 aromatic heterocycles. The van der Waals surface area contributed by atoms with Crippen molar-refractivity contribution in [2.24, 2.45) is 0 Å². The summed E-state index contributed by atoms with van der Waals surface area (Å²) in [7, 11) is -4.20. The number of carbonyl (C=O) groups is 2. The molecule has 1 saturated carbocycles. The first-order valence-electron chi connectivity index (χ1n) is 15.7. The van der Waals surface area contributed by atoms with Crippen molar-refractivity contribution in [2.45, 2.75) is 69.5 Å². The van der Waals surface area contributed by atoms with Gasteiger partial charge in [0.2, 0.25) is 11.8 Å². The molecule has 1 atom stereocenters. The third-order valence-corrected chi connectivity index (χ3v) is 11.0. The number of sulfonamides is 1. The van der Waals surface area contributed by atoms with Gasteiger partial charge in [-0.3, -0.25) is 13.9 Å². The molecule has 0 spiro atoms. The predicted octanol–water partition coefficient (Wildman–Crippen LogP) is 7.61. The Morgan fingerprint density at radius 1 is 0.894 bits per heavy atom. The number of hydrogen-bond donors (Lipinski definition) is 1. The lowest BCUT2D eigenvalue weighted by atomic mass is 10.0. The van der Waals surface area contributed by atoms with Crippen molar-refractivity contribution in [1.29, 1.82) is 0 Å². The Kier molecular flexibility index (Phi) is 11.4. The Bertz CT molecular complexity index is 1810. The molecule has 0 radical (unpaired) electrons. The Morgan fingerprint density at radius 3 is 2.23 bits per heavy atom. The predicted molar refractivity (Wildman–Crippen MR) is 191 cm³/mol. The number of carbonyl (C=O) groups excluding carboxylic acids is 2. The summed E-state index contributed by atoms with van der Waals surface area (Å²) in [6, 6.07) is 27.7.